The number of hydrogen-bond donors (Lipinski definition) is 0. The van der Waals surface area contributed by atoms with Crippen LogP contribution in [0.2, 0.25) is 0 Å². The van der Waals surface area contributed by atoms with Gasteiger partial charge in [0.15, 0.2) is 0 Å². The van der Waals surface area contributed by atoms with Crippen molar-refractivity contribution in [3.63, 3.8) is 0 Å². The Bertz CT molecular complexity index is 157. The van der Waals surface area contributed by atoms with Crippen LogP contribution in [-0.2, 0) is 9.47 Å². The second-order valence-electron chi connectivity index (χ2n) is 4.76. The third kappa shape index (κ3) is 2.96. The monoisotopic (exact) mass is 184 g/mol. The van der Waals surface area contributed by atoms with Crippen LogP contribution in [0, 0.1) is 5.92 Å². The summed E-state index contributed by atoms with van der Waals surface area (Å²) in [6.45, 7) is 4.76. The highest BCUT2D eigenvalue weighted by Crippen LogP contribution is 2.28. The third-order valence-electron chi connectivity index (χ3n) is 3.12. The van der Waals surface area contributed by atoms with Gasteiger partial charge in [0.05, 0.1) is 13.2 Å². The van der Waals surface area contributed by atoms with Crippen LogP contribution in [0.15, 0.2) is 0 Å². The Hall–Kier alpha value is -0.0800. The van der Waals surface area contributed by atoms with Crippen molar-refractivity contribution in [2.75, 3.05) is 19.8 Å². The van der Waals surface area contributed by atoms with E-state index in [1.807, 2.05) is 0 Å². The van der Waals surface area contributed by atoms with Crippen LogP contribution in [0.4, 0.5) is 0 Å². The normalized spacial score (nSPS) is 34.8. The van der Waals surface area contributed by atoms with Gasteiger partial charge in [-0.3, -0.25) is 0 Å². The van der Waals surface area contributed by atoms with Crippen LogP contribution < -0.4 is 0 Å². The smallest absolute Gasteiger partial charge is 0.112 e. The third-order valence-corrected chi connectivity index (χ3v) is 3.12. The van der Waals surface area contributed by atoms with Crippen LogP contribution in [0.25, 0.3) is 0 Å². The number of rotatable bonds is 4. The largest absolute Gasteiger partial charge is 0.378 e. The lowest BCUT2D eigenvalue weighted by molar-refractivity contribution is 0.0514. The van der Waals surface area contributed by atoms with Gasteiger partial charge >= 0.3 is 0 Å². The zero-order valence-electron chi connectivity index (χ0n) is 8.55. The molecule has 76 valence electrons. The summed E-state index contributed by atoms with van der Waals surface area (Å²) in [4.78, 5) is 0. The molecule has 0 bridgehead atoms. The topological polar surface area (TPSA) is 21.8 Å². The van der Waals surface area contributed by atoms with E-state index in [0.717, 1.165) is 25.7 Å². The molecule has 1 heterocycles. The van der Waals surface area contributed by atoms with Gasteiger partial charge in [0.25, 0.3) is 0 Å². The van der Waals surface area contributed by atoms with E-state index < -0.39 is 0 Å². The fourth-order valence-corrected chi connectivity index (χ4v) is 2.00. The van der Waals surface area contributed by atoms with Gasteiger partial charge in [-0.15, -0.1) is 0 Å². The van der Waals surface area contributed by atoms with E-state index in [1.54, 1.807) is 0 Å². The lowest BCUT2D eigenvalue weighted by Gasteiger charge is -2.21. The maximum atomic E-state index is 5.68. The van der Waals surface area contributed by atoms with Gasteiger partial charge in [-0.25, -0.2) is 0 Å². The molecule has 1 unspecified atom stereocenters. The van der Waals surface area contributed by atoms with Crippen LogP contribution in [-0.4, -0.2) is 25.4 Å². The predicted molar refractivity (Wildman–Crippen MR) is 51.8 cm³/mol. The Kier molecular flexibility index (Phi) is 2.89. The Labute approximate surface area is 80.6 Å². The molecule has 2 aliphatic rings. The first kappa shape index (κ1) is 9.47. The Morgan fingerprint density at radius 3 is 2.62 bits per heavy atom. The van der Waals surface area contributed by atoms with Gasteiger partial charge in [0.2, 0.25) is 0 Å². The van der Waals surface area contributed by atoms with E-state index in [1.165, 1.54) is 32.1 Å². The predicted octanol–water partition coefficient (Wildman–Crippen LogP) is 2.37. The summed E-state index contributed by atoms with van der Waals surface area (Å²) in [6, 6.07) is 0. The molecule has 0 radical (unpaired) electrons. The molecule has 1 saturated heterocycles. The van der Waals surface area contributed by atoms with Crippen molar-refractivity contribution in [3.05, 3.63) is 0 Å². The maximum absolute atomic E-state index is 5.68. The van der Waals surface area contributed by atoms with Crippen LogP contribution in [0.3, 0.4) is 0 Å². The van der Waals surface area contributed by atoms with Crippen molar-refractivity contribution in [1.29, 1.82) is 0 Å². The molecule has 1 aliphatic carbocycles. The molecule has 1 aliphatic heterocycles. The summed E-state index contributed by atoms with van der Waals surface area (Å²) in [5, 5.41) is 0. The molecule has 0 N–H and O–H groups in total. The minimum Gasteiger partial charge on any atom is -0.378 e. The molecule has 2 heteroatoms. The van der Waals surface area contributed by atoms with Crippen molar-refractivity contribution >= 4 is 0 Å². The molecule has 2 nitrogen and oxygen atoms in total. The van der Waals surface area contributed by atoms with E-state index in [0.29, 0.717) is 0 Å². The first-order chi connectivity index (χ1) is 6.29. The molecule has 2 fully saturated rings. The van der Waals surface area contributed by atoms with Crippen molar-refractivity contribution in [2.24, 2.45) is 5.92 Å². The molecule has 13 heavy (non-hydrogen) atoms. The Morgan fingerprint density at radius 2 is 2.00 bits per heavy atom. The average Bonchev–Trinajstić information content (AvgIpc) is 2.86. The van der Waals surface area contributed by atoms with Gasteiger partial charge < -0.3 is 9.47 Å². The standard InChI is InChI=1S/C11H20O2/c1-11(9-13-11)8-12-7-10-5-3-2-4-6-10/h10H,2-9H2,1H3. The highest BCUT2D eigenvalue weighted by molar-refractivity contribution is 4.86. The van der Waals surface area contributed by atoms with E-state index in [9.17, 15) is 0 Å². The van der Waals surface area contributed by atoms with Crippen molar-refractivity contribution < 1.29 is 9.47 Å². The van der Waals surface area contributed by atoms with Crippen molar-refractivity contribution in [2.45, 2.75) is 44.6 Å². The van der Waals surface area contributed by atoms with Crippen molar-refractivity contribution in [1.82, 2.24) is 0 Å². The fraction of sp³-hybridized carbons (Fsp3) is 1.00. The molecule has 1 atom stereocenters. The zero-order chi connectivity index (χ0) is 9.15. The molecule has 0 aromatic carbocycles. The molecular weight excluding hydrogens is 164 g/mol. The summed E-state index contributed by atoms with van der Waals surface area (Å²) in [6.07, 6.45) is 6.98. The van der Waals surface area contributed by atoms with Crippen LogP contribution in [0.1, 0.15) is 39.0 Å². The first-order valence-electron chi connectivity index (χ1n) is 5.50. The molecule has 0 aromatic rings. The summed E-state index contributed by atoms with van der Waals surface area (Å²) < 4.78 is 10.9. The molecule has 0 spiro atoms. The van der Waals surface area contributed by atoms with Gasteiger partial charge in [-0.2, -0.15) is 0 Å². The average molecular weight is 184 g/mol. The van der Waals surface area contributed by atoms with Crippen LogP contribution >= 0.6 is 0 Å². The molecule has 1 saturated carbocycles. The van der Waals surface area contributed by atoms with Gasteiger partial charge in [0.1, 0.15) is 5.60 Å². The number of epoxide rings is 1. The molecule has 0 amide bonds. The SMILES string of the molecule is CC1(COCC2CCCCC2)CO1. The quantitative estimate of drug-likeness (QED) is 0.626. The minimum absolute atomic E-state index is 0.0780. The minimum atomic E-state index is 0.0780. The van der Waals surface area contributed by atoms with E-state index in [-0.39, 0.29) is 5.60 Å². The lowest BCUT2D eigenvalue weighted by Crippen LogP contribution is -2.20. The molecule has 2 rings (SSSR count). The summed E-state index contributed by atoms with van der Waals surface area (Å²) in [7, 11) is 0. The zero-order valence-corrected chi connectivity index (χ0v) is 8.55. The Morgan fingerprint density at radius 1 is 1.31 bits per heavy atom. The lowest BCUT2D eigenvalue weighted by atomic mass is 9.90. The molecule has 0 aromatic heterocycles. The number of hydrogen-bond acceptors (Lipinski definition) is 2. The molecular formula is C11H20O2. The highest BCUT2D eigenvalue weighted by atomic mass is 16.6. The summed E-state index contributed by atoms with van der Waals surface area (Å²) in [5.74, 6) is 0.830. The van der Waals surface area contributed by atoms with E-state index in [2.05, 4.69) is 6.92 Å². The van der Waals surface area contributed by atoms with Gasteiger partial charge in [-0.05, 0) is 25.7 Å². The van der Waals surface area contributed by atoms with Crippen molar-refractivity contribution in [3.8, 4) is 0 Å². The highest BCUT2D eigenvalue weighted by Gasteiger charge is 2.39. The second-order valence-corrected chi connectivity index (χ2v) is 4.76. The van der Waals surface area contributed by atoms with Gasteiger partial charge in [0, 0.05) is 6.61 Å². The second kappa shape index (κ2) is 3.97. The van der Waals surface area contributed by atoms with E-state index in [4.69, 9.17) is 9.47 Å². The van der Waals surface area contributed by atoms with Crippen LogP contribution in [0.5, 0.6) is 0 Å². The first-order valence-corrected chi connectivity index (χ1v) is 5.50. The maximum Gasteiger partial charge on any atom is 0.112 e. The van der Waals surface area contributed by atoms with E-state index >= 15 is 0 Å². The Balaban J connectivity index is 1.56. The number of ether oxygens (including phenoxy) is 2. The summed E-state index contributed by atoms with van der Waals surface area (Å²) in [5.41, 5.74) is 0.0780. The fourth-order valence-electron chi connectivity index (χ4n) is 2.00. The summed E-state index contributed by atoms with van der Waals surface area (Å²) >= 11 is 0. The van der Waals surface area contributed by atoms with Gasteiger partial charge in [-0.1, -0.05) is 19.3 Å².